The van der Waals surface area contributed by atoms with Crippen molar-refractivity contribution in [2.45, 2.75) is 46.0 Å². The van der Waals surface area contributed by atoms with Crippen molar-refractivity contribution >= 4 is 23.3 Å². The van der Waals surface area contributed by atoms with Crippen LogP contribution in [0, 0.1) is 0 Å². The first-order valence-corrected chi connectivity index (χ1v) is 11.9. The fraction of sp³-hybridized carbons (Fsp3) is 0.462. The van der Waals surface area contributed by atoms with E-state index in [1.165, 1.54) is 18.4 Å². The minimum atomic E-state index is -0.0949. The van der Waals surface area contributed by atoms with Crippen molar-refractivity contribution < 1.29 is 9.59 Å². The number of benzene rings is 2. The van der Waals surface area contributed by atoms with Gasteiger partial charge in [-0.2, -0.15) is 0 Å². The van der Waals surface area contributed by atoms with Gasteiger partial charge in [0.25, 0.3) is 5.91 Å². The highest BCUT2D eigenvalue weighted by atomic mass is 16.2. The number of carbonyl (C=O) groups is 2. The molecule has 0 bridgehead atoms. The van der Waals surface area contributed by atoms with Crippen LogP contribution >= 0.6 is 0 Å². The minimum absolute atomic E-state index is 0.0366. The molecule has 0 aromatic heterocycles. The van der Waals surface area contributed by atoms with Crippen molar-refractivity contribution in [3.05, 3.63) is 59.7 Å². The number of hydrogen-bond donors (Lipinski definition) is 2. The van der Waals surface area contributed by atoms with Gasteiger partial charge >= 0.3 is 6.03 Å². The number of carbonyl (C=O) groups excluding carboxylic acids is 2. The summed E-state index contributed by atoms with van der Waals surface area (Å²) in [5.74, 6) is -0.0949. The Morgan fingerprint density at radius 3 is 2.12 bits per heavy atom. The first kappa shape index (κ1) is 23.6. The number of rotatable bonds is 9. The molecule has 3 rings (SSSR count). The van der Waals surface area contributed by atoms with Crippen LogP contribution in [0.25, 0.3) is 0 Å². The summed E-state index contributed by atoms with van der Waals surface area (Å²) >= 11 is 0. The molecule has 172 valence electrons. The second-order valence-corrected chi connectivity index (χ2v) is 8.36. The second kappa shape index (κ2) is 12.1. The van der Waals surface area contributed by atoms with E-state index >= 15 is 0 Å². The zero-order valence-corrected chi connectivity index (χ0v) is 19.4. The number of amides is 3. The van der Waals surface area contributed by atoms with Crippen LogP contribution in [0.1, 0.15) is 55.5 Å². The normalized spacial score (nSPS) is 13.7. The Kier molecular flexibility index (Phi) is 8.96. The van der Waals surface area contributed by atoms with E-state index < -0.39 is 0 Å². The molecule has 3 amide bonds. The molecule has 1 heterocycles. The summed E-state index contributed by atoms with van der Waals surface area (Å²) in [5, 5.41) is 5.97. The number of nitrogens with one attached hydrogen (secondary N) is 2. The molecule has 0 unspecified atom stereocenters. The summed E-state index contributed by atoms with van der Waals surface area (Å²) in [5.41, 5.74) is 3.83. The molecule has 1 aliphatic heterocycles. The highest BCUT2D eigenvalue weighted by Gasteiger charge is 2.21. The molecule has 2 N–H and O–H groups in total. The van der Waals surface area contributed by atoms with Gasteiger partial charge < -0.3 is 20.4 Å². The zero-order valence-electron chi connectivity index (χ0n) is 19.4. The Morgan fingerprint density at radius 1 is 0.844 bits per heavy atom. The third-order valence-electron chi connectivity index (χ3n) is 5.90. The largest absolute Gasteiger partial charge is 0.368 e. The van der Waals surface area contributed by atoms with Crippen molar-refractivity contribution in [3.63, 3.8) is 0 Å². The Morgan fingerprint density at radius 2 is 1.50 bits per heavy atom. The summed E-state index contributed by atoms with van der Waals surface area (Å²) in [7, 11) is 0. The number of nitrogens with zero attached hydrogens (tertiary/aromatic N) is 2. The molecule has 0 aliphatic carbocycles. The van der Waals surface area contributed by atoms with Gasteiger partial charge in [0, 0.05) is 49.7 Å². The van der Waals surface area contributed by atoms with E-state index in [0.717, 1.165) is 50.3 Å². The molecule has 1 fully saturated rings. The maximum absolute atomic E-state index is 12.6. The smallest absolute Gasteiger partial charge is 0.317 e. The van der Waals surface area contributed by atoms with E-state index in [2.05, 4.69) is 29.4 Å². The van der Waals surface area contributed by atoms with E-state index in [4.69, 9.17) is 0 Å². The predicted octanol–water partition coefficient (Wildman–Crippen LogP) is 4.91. The fourth-order valence-corrected chi connectivity index (χ4v) is 3.81. The molecule has 0 atom stereocenters. The quantitative estimate of drug-likeness (QED) is 0.549. The number of anilines is 2. The first-order valence-electron chi connectivity index (χ1n) is 11.9. The Labute approximate surface area is 192 Å². The molecule has 2 aromatic rings. The van der Waals surface area contributed by atoms with E-state index in [1.807, 2.05) is 53.4 Å². The average molecular weight is 437 g/mol. The molecule has 2 aromatic carbocycles. The highest BCUT2D eigenvalue weighted by molar-refractivity contribution is 6.04. The van der Waals surface area contributed by atoms with Crippen molar-refractivity contribution in [1.29, 1.82) is 0 Å². The van der Waals surface area contributed by atoms with Gasteiger partial charge in [-0.1, -0.05) is 38.8 Å². The van der Waals surface area contributed by atoms with Gasteiger partial charge in [-0.05, 0) is 61.2 Å². The molecule has 32 heavy (non-hydrogen) atoms. The minimum Gasteiger partial charge on any atom is -0.368 e. The number of piperazine rings is 1. The Bertz CT molecular complexity index is 856. The van der Waals surface area contributed by atoms with E-state index in [-0.39, 0.29) is 11.9 Å². The lowest BCUT2D eigenvalue weighted by Gasteiger charge is -2.36. The monoisotopic (exact) mass is 436 g/mol. The summed E-state index contributed by atoms with van der Waals surface area (Å²) in [4.78, 5) is 28.9. The van der Waals surface area contributed by atoms with Crippen LogP contribution < -0.4 is 15.5 Å². The van der Waals surface area contributed by atoms with Crippen molar-refractivity contribution in [2.75, 3.05) is 42.9 Å². The van der Waals surface area contributed by atoms with Crippen LogP contribution in [0.4, 0.5) is 16.2 Å². The van der Waals surface area contributed by atoms with Gasteiger partial charge in [0.05, 0.1) is 0 Å². The van der Waals surface area contributed by atoms with Crippen LogP contribution in [-0.4, -0.2) is 49.6 Å². The van der Waals surface area contributed by atoms with Gasteiger partial charge in [-0.25, -0.2) is 4.79 Å². The molecule has 0 radical (unpaired) electrons. The topological polar surface area (TPSA) is 64.7 Å². The number of unbranched alkanes of at least 4 members (excludes halogenated alkanes) is 2. The molecule has 1 saturated heterocycles. The van der Waals surface area contributed by atoms with Gasteiger partial charge in [0.2, 0.25) is 0 Å². The molecular weight excluding hydrogens is 400 g/mol. The highest BCUT2D eigenvalue weighted by Crippen LogP contribution is 2.20. The van der Waals surface area contributed by atoms with Crippen LogP contribution in [0.2, 0.25) is 0 Å². The third kappa shape index (κ3) is 6.74. The molecule has 1 aliphatic rings. The van der Waals surface area contributed by atoms with E-state index in [9.17, 15) is 9.59 Å². The SMILES string of the molecule is CCCCNC(=O)N1CCN(c2ccc(NC(=O)c3ccc(CCCC)cc3)cc2)CC1. The molecule has 6 nitrogen and oxygen atoms in total. The molecule has 0 saturated carbocycles. The Balaban J connectivity index is 1.48. The lowest BCUT2D eigenvalue weighted by molar-refractivity contribution is 0.102. The van der Waals surface area contributed by atoms with E-state index in [0.29, 0.717) is 18.7 Å². The number of aryl methyl sites for hydroxylation is 1. The predicted molar refractivity (Wildman–Crippen MR) is 132 cm³/mol. The van der Waals surface area contributed by atoms with Gasteiger partial charge in [0.1, 0.15) is 0 Å². The maximum Gasteiger partial charge on any atom is 0.317 e. The number of urea groups is 1. The third-order valence-corrected chi connectivity index (χ3v) is 5.90. The zero-order chi connectivity index (χ0) is 22.8. The fourth-order valence-electron chi connectivity index (χ4n) is 3.81. The first-order chi connectivity index (χ1) is 15.6. The van der Waals surface area contributed by atoms with Crippen molar-refractivity contribution in [1.82, 2.24) is 10.2 Å². The van der Waals surface area contributed by atoms with Crippen LogP contribution in [0.3, 0.4) is 0 Å². The lowest BCUT2D eigenvalue weighted by atomic mass is 10.1. The lowest BCUT2D eigenvalue weighted by Crippen LogP contribution is -2.52. The van der Waals surface area contributed by atoms with Gasteiger partial charge in [0.15, 0.2) is 0 Å². The van der Waals surface area contributed by atoms with Crippen molar-refractivity contribution in [3.8, 4) is 0 Å². The van der Waals surface area contributed by atoms with Crippen LogP contribution in [-0.2, 0) is 6.42 Å². The summed E-state index contributed by atoms with van der Waals surface area (Å²) in [6.07, 6.45) is 5.48. The van der Waals surface area contributed by atoms with Gasteiger partial charge in [-0.3, -0.25) is 4.79 Å². The maximum atomic E-state index is 12.6. The molecule has 0 spiro atoms. The molecular formula is C26H36N4O2. The summed E-state index contributed by atoms with van der Waals surface area (Å²) < 4.78 is 0. The Hall–Kier alpha value is -3.02. The van der Waals surface area contributed by atoms with Gasteiger partial charge in [-0.15, -0.1) is 0 Å². The summed E-state index contributed by atoms with van der Waals surface area (Å²) in [6, 6.07) is 15.8. The van der Waals surface area contributed by atoms with E-state index in [1.54, 1.807) is 0 Å². The van der Waals surface area contributed by atoms with Crippen LogP contribution in [0.5, 0.6) is 0 Å². The number of hydrogen-bond acceptors (Lipinski definition) is 3. The van der Waals surface area contributed by atoms with Crippen molar-refractivity contribution in [2.24, 2.45) is 0 Å². The molecule has 6 heteroatoms. The average Bonchev–Trinajstić information content (AvgIpc) is 2.83. The summed E-state index contributed by atoms with van der Waals surface area (Å²) in [6.45, 7) is 8.07. The second-order valence-electron chi connectivity index (χ2n) is 8.36. The standard InChI is InChI=1S/C26H36N4O2/c1-3-5-7-21-8-10-22(11-9-21)25(31)28-23-12-14-24(15-13-23)29-17-19-30(20-18-29)26(32)27-16-6-4-2/h8-15H,3-7,16-20H2,1-2H3,(H,27,32)(H,28,31). The van der Waals surface area contributed by atoms with Crippen LogP contribution in [0.15, 0.2) is 48.5 Å².